The minimum atomic E-state index is 0.0354. The molecule has 3 heteroatoms. The van der Waals surface area contributed by atoms with Gasteiger partial charge < -0.3 is 10.6 Å². The molecule has 1 aliphatic heterocycles. The van der Waals surface area contributed by atoms with Gasteiger partial charge in [-0.15, -0.1) is 0 Å². The van der Waals surface area contributed by atoms with E-state index in [9.17, 15) is 4.79 Å². The number of nitrogens with zero attached hydrogens (tertiary/aromatic N) is 1. The van der Waals surface area contributed by atoms with E-state index in [0.717, 1.165) is 11.1 Å². The molecule has 0 saturated carbocycles. The molecule has 0 spiro atoms. The third kappa shape index (κ3) is 1.51. The van der Waals surface area contributed by atoms with Crippen LogP contribution in [0.15, 0.2) is 24.3 Å². The standard InChI is InChI=1S/C11H14N2O/c1-8(12)6-13-7-9-4-2-3-5-10(9)11(13)14/h2-5,8H,6-7,12H2,1H3. The predicted molar refractivity (Wildman–Crippen MR) is 54.8 cm³/mol. The molecule has 1 amide bonds. The molecule has 0 aromatic heterocycles. The molecule has 0 radical (unpaired) electrons. The third-order valence-corrected chi connectivity index (χ3v) is 2.40. The Kier molecular flexibility index (Phi) is 2.25. The largest absolute Gasteiger partial charge is 0.333 e. The molecule has 2 N–H and O–H groups in total. The Morgan fingerprint density at radius 3 is 2.86 bits per heavy atom. The van der Waals surface area contributed by atoms with Crippen LogP contribution >= 0.6 is 0 Å². The van der Waals surface area contributed by atoms with Gasteiger partial charge in [0.1, 0.15) is 0 Å². The lowest BCUT2D eigenvalue weighted by atomic mass is 10.1. The van der Waals surface area contributed by atoms with E-state index in [2.05, 4.69) is 0 Å². The van der Waals surface area contributed by atoms with Crippen LogP contribution in [0.5, 0.6) is 0 Å². The maximum absolute atomic E-state index is 11.8. The Hall–Kier alpha value is -1.35. The Balaban J connectivity index is 2.21. The first-order valence-electron chi connectivity index (χ1n) is 4.81. The van der Waals surface area contributed by atoms with Gasteiger partial charge in [0, 0.05) is 24.7 Å². The molecule has 1 unspecified atom stereocenters. The number of amides is 1. The van der Waals surface area contributed by atoms with Gasteiger partial charge in [-0.2, -0.15) is 0 Å². The molecular formula is C11H14N2O. The van der Waals surface area contributed by atoms with Gasteiger partial charge in [0.25, 0.3) is 5.91 Å². The Bertz CT molecular complexity index is 360. The van der Waals surface area contributed by atoms with Crippen molar-refractivity contribution in [3.05, 3.63) is 35.4 Å². The molecule has 1 atom stereocenters. The van der Waals surface area contributed by atoms with E-state index >= 15 is 0 Å². The molecule has 14 heavy (non-hydrogen) atoms. The quantitative estimate of drug-likeness (QED) is 0.756. The lowest BCUT2D eigenvalue weighted by molar-refractivity contribution is 0.0771. The topological polar surface area (TPSA) is 46.3 Å². The highest BCUT2D eigenvalue weighted by Crippen LogP contribution is 2.21. The first-order chi connectivity index (χ1) is 6.68. The van der Waals surface area contributed by atoms with Crippen LogP contribution < -0.4 is 5.73 Å². The first kappa shape index (κ1) is 9.21. The molecule has 0 saturated heterocycles. The average Bonchev–Trinajstić information content (AvgIpc) is 2.44. The van der Waals surface area contributed by atoms with Gasteiger partial charge in [-0.05, 0) is 18.6 Å². The van der Waals surface area contributed by atoms with Crippen molar-refractivity contribution < 1.29 is 4.79 Å². The average molecular weight is 190 g/mol. The molecule has 74 valence electrons. The van der Waals surface area contributed by atoms with Gasteiger partial charge in [-0.3, -0.25) is 4.79 Å². The molecule has 1 aromatic rings. The molecule has 2 rings (SSSR count). The maximum atomic E-state index is 11.8. The minimum Gasteiger partial charge on any atom is -0.333 e. The minimum absolute atomic E-state index is 0.0354. The van der Waals surface area contributed by atoms with Gasteiger partial charge >= 0.3 is 0 Å². The van der Waals surface area contributed by atoms with Crippen LogP contribution in [0.4, 0.5) is 0 Å². The van der Waals surface area contributed by atoms with Crippen molar-refractivity contribution in [2.24, 2.45) is 5.73 Å². The summed E-state index contributed by atoms with van der Waals surface area (Å²) in [6, 6.07) is 7.76. The summed E-state index contributed by atoms with van der Waals surface area (Å²) >= 11 is 0. The lowest BCUT2D eigenvalue weighted by Crippen LogP contribution is -2.35. The summed E-state index contributed by atoms with van der Waals surface area (Å²) in [5.41, 5.74) is 7.61. The third-order valence-electron chi connectivity index (χ3n) is 2.40. The lowest BCUT2D eigenvalue weighted by Gasteiger charge is -2.17. The number of benzene rings is 1. The van der Waals surface area contributed by atoms with E-state index in [1.54, 1.807) is 4.90 Å². The van der Waals surface area contributed by atoms with Crippen LogP contribution in [0.3, 0.4) is 0 Å². The summed E-state index contributed by atoms with van der Waals surface area (Å²) in [6.45, 7) is 3.25. The van der Waals surface area contributed by atoms with Gasteiger partial charge in [-0.1, -0.05) is 18.2 Å². The molecule has 1 aliphatic rings. The molecule has 1 heterocycles. The van der Waals surface area contributed by atoms with Gasteiger partial charge in [0.2, 0.25) is 0 Å². The number of nitrogens with two attached hydrogens (primary N) is 1. The SMILES string of the molecule is CC(N)CN1Cc2ccccc2C1=O. The smallest absolute Gasteiger partial charge is 0.254 e. The molecular weight excluding hydrogens is 176 g/mol. The Morgan fingerprint density at radius 1 is 1.50 bits per heavy atom. The van der Waals surface area contributed by atoms with Crippen LogP contribution in [-0.4, -0.2) is 23.4 Å². The van der Waals surface area contributed by atoms with Crippen LogP contribution in [0, 0.1) is 0 Å². The number of hydrogen-bond donors (Lipinski definition) is 1. The summed E-state index contributed by atoms with van der Waals surface area (Å²) in [5, 5.41) is 0. The number of carbonyl (C=O) groups excluding carboxylic acids is 1. The van der Waals surface area contributed by atoms with Gasteiger partial charge in [0.05, 0.1) is 0 Å². The van der Waals surface area contributed by atoms with Crippen molar-refractivity contribution >= 4 is 5.91 Å². The molecule has 1 aromatic carbocycles. The molecule has 0 aliphatic carbocycles. The van der Waals surface area contributed by atoms with E-state index in [1.165, 1.54) is 0 Å². The van der Waals surface area contributed by atoms with Crippen molar-refractivity contribution in [2.75, 3.05) is 6.54 Å². The highest BCUT2D eigenvalue weighted by Gasteiger charge is 2.26. The molecule has 0 fully saturated rings. The Morgan fingerprint density at radius 2 is 2.21 bits per heavy atom. The van der Waals surface area contributed by atoms with Crippen molar-refractivity contribution in [2.45, 2.75) is 19.5 Å². The summed E-state index contributed by atoms with van der Waals surface area (Å²) in [4.78, 5) is 13.6. The first-order valence-corrected chi connectivity index (χ1v) is 4.81. The fourth-order valence-corrected chi connectivity index (χ4v) is 1.81. The zero-order valence-corrected chi connectivity index (χ0v) is 8.23. The van der Waals surface area contributed by atoms with Gasteiger partial charge in [-0.25, -0.2) is 0 Å². The van der Waals surface area contributed by atoms with Crippen LogP contribution in [-0.2, 0) is 6.54 Å². The number of rotatable bonds is 2. The monoisotopic (exact) mass is 190 g/mol. The number of hydrogen-bond acceptors (Lipinski definition) is 2. The normalized spacial score (nSPS) is 17.0. The number of fused-ring (bicyclic) bond motifs is 1. The van der Waals surface area contributed by atoms with Crippen LogP contribution in [0.2, 0.25) is 0 Å². The molecule has 3 nitrogen and oxygen atoms in total. The second-order valence-electron chi connectivity index (χ2n) is 3.82. The fourth-order valence-electron chi connectivity index (χ4n) is 1.81. The van der Waals surface area contributed by atoms with Crippen molar-refractivity contribution in [3.63, 3.8) is 0 Å². The van der Waals surface area contributed by atoms with Crippen molar-refractivity contribution in [1.29, 1.82) is 0 Å². The summed E-state index contributed by atoms with van der Waals surface area (Å²) in [6.07, 6.45) is 0. The highest BCUT2D eigenvalue weighted by atomic mass is 16.2. The molecule has 0 bridgehead atoms. The van der Waals surface area contributed by atoms with Gasteiger partial charge in [0.15, 0.2) is 0 Å². The van der Waals surface area contributed by atoms with E-state index in [4.69, 9.17) is 5.73 Å². The highest BCUT2D eigenvalue weighted by molar-refractivity contribution is 5.98. The van der Waals surface area contributed by atoms with E-state index in [0.29, 0.717) is 13.1 Å². The maximum Gasteiger partial charge on any atom is 0.254 e. The van der Waals surface area contributed by atoms with E-state index in [-0.39, 0.29) is 11.9 Å². The summed E-state index contributed by atoms with van der Waals surface area (Å²) < 4.78 is 0. The second-order valence-corrected chi connectivity index (χ2v) is 3.82. The van der Waals surface area contributed by atoms with Crippen molar-refractivity contribution in [1.82, 2.24) is 4.90 Å². The fraction of sp³-hybridized carbons (Fsp3) is 0.364. The zero-order chi connectivity index (χ0) is 10.1. The van der Waals surface area contributed by atoms with Crippen LogP contribution in [0.1, 0.15) is 22.8 Å². The van der Waals surface area contributed by atoms with E-state index < -0.39 is 0 Å². The summed E-state index contributed by atoms with van der Waals surface area (Å²) in [7, 11) is 0. The second kappa shape index (κ2) is 3.42. The zero-order valence-electron chi connectivity index (χ0n) is 8.23. The van der Waals surface area contributed by atoms with E-state index in [1.807, 2.05) is 31.2 Å². The Labute approximate surface area is 83.5 Å². The van der Waals surface area contributed by atoms with Crippen LogP contribution in [0.25, 0.3) is 0 Å². The summed E-state index contributed by atoms with van der Waals surface area (Å²) in [5.74, 6) is 0.109. The predicted octanol–water partition coefficient (Wildman–Crippen LogP) is 0.990. The number of carbonyl (C=O) groups is 1. The van der Waals surface area contributed by atoms with Crippen molar-refractivity contribution in [3.8, 4) is 0 Å².